The van der Waals surface area contributed by atoms with E-state index in [0.717, 1.165) is 11.3 Å². The van der Waals surface area contributed by atoms with Crippen LogP contribution in [0.4, 0.5) is 5.69 Å². The molecule has 0 saturated carbocycles. The maximum absolute atomic E-state index is 12.0. The summed E-state index contributed by atoms with van der Waals surface area (Å²) in [6.45, 7) is 1.96. The third-order valence-electron chi connectivity index (χ3n) is 3.88. The fourth-order valence-corrected chi connectivity index (χ4v) is 2.59. The van der Waals surface area contributed by atoms with Crippen molar-refractivity contribution in [3.8, 4) is 0 Å². The number of hydrogen-bond donors (Lipinski definition) is 3. The summed E-state index contributed by atoms with van der Waals surface area (Å²) >= 11 is 0. The highest BCUT2D eigenvalue weighted by Gasteiger charge is 2.10. The Hall–Kier alpha value is -3.15. The second-order valence-electron chi connectivity index (χ2n) is 5.94. The van der Waals surface area contributed by atoms with Crippen LogP contribution in [-0.4, -0.2) is 29.4 Å². The minimum absolute atomic E-state index is 0.111. The lowest BCUT2D eigenvalue weighted by molar-refractivity contribution is -0.121. The van der Waals surface area contributed by atoms with Crippen LogP contribution < -0.4 is 10.6 Å². The van der Waals surface area contributed by atoms with Crippen LogP contribution in [0.5, 0.6) is 0 Å². The lowest BCUT2D eigenvalue weighted by atomic mass is 10.0. The summed E-state index contributed by atoms with van der Waals surface area (Å²) in [5.74, 6) is -1.21. The fourth-order valence-electron chi connectivity index (χ4n) is 2.59. The van der Waals surface area contributed by atoms with E-state index in [1.165, 1.54) is 6.92 Å². The summed E-state index contributed by atoms with van der Waals surface area (Å²) in [5, 5.41) is 14.7. The molecule has 2 amide bonds. The summed E-state index contributed by atoms with van der Waals surface area (Å²) in [4.78, 5) is 34.1. The van der Waals surface area contributed by atoms with Gasteiger partial charge in [0.15, 0.2) is 0 Å². The maximum Gasteiger partial charge on any atom is 0.335 e. The summed E-state index contributed by atoms with van der Waals surface area (Å²) in [5.41, 5.74) is 2.68. The van der Waals surface area contributed by atoms with Gasteiger partial charge in [-0.15, -0.1) is 0 Å². The van der Waals surface area contributed by atoms with E-state index in [1.807, 2.05) is 24.3 Å². The Bertz CT molecular complexity index is 785. The zero-order valence-electron chi connectivity index (χ0n) is 14.6. The summed E-state index contributed by atoms with van der Waals surface area (Å²) in [6.07, 6.45) is 1.31. The van der Waals surface area contributed by atoms with Crippen molar-refractivity contribution in [1.82, 2.24) is 5.32 Å². The van der Waals surface area contributed by atoms with Gasteiger partial charge < -0.3 is 15.7 Å². The van der Waals surface area contributed by atoms with Crippen LogP contribution in [0.2, 0.25) is 0 Å². The van der Waals surface area contributed by atoms with Crippen LogP contribution in [-0.2, 0) is 22.4 Å². The molecule has 26 heavy (non-hydrogen) atoms. The van der Waals surface area contributed by atoms with Crippen LogP contribution in [0.3, 0.4) is 0 Å². The number of carboxylic acids is 1. The zero-order valence-corrected chi connectivity index (χ0v) is 14.6. The molecule has 0 unspecified atom stereocenters. The Morgan fingerprint density at radius 3 is 2.31 bits per heavy atom. The van der Waals surface area contributed by atoms with Crippen LogP contribution in [0.15, 0.2) is 48.5 Å². The monoisotopic (exact) mass is 354 g/mol. The molecular formula is C20H22N2O4. The lowest BCUT2D eigenvalue weighted by Crippen LogP contribution is -2.26. The van der Waals surface area contributed by atoms with Gasteiger partial charge in [-0.1, -0.05) is 30.3 Å². The predicted octanol–water partition coefficient (Wildman–Crippen LogP) is 2.63. The minimum atomic E-state index is -0.983. The number of aryl methyl sites for hydroxylation is 1. The van der Waals surface area contributed by atoms with Crippen molar-refractivity contribution < 1.29 is 19.5 Å². The first-order valence-corrected chi connectivity index (χ1v) is 8.40. The molecule has 0 aliphatic rings. The number of carbonyl (C=O) groups is 3. The molecule has 0 atom stereocenters. The van der Waals surface area contributed by atoms with Crippen molar-refractivity contribution in [2.75, 3.05) is 11.9 Å². The average molecular weight is 354 g/mol. The third-order valence-corrected chi connectivity index (χ3v) is 3.88. The van der Waals surface area contributed by atoms with Gasteiger partial charge in [-0.25, -0.2) is 4.79 Å². The molecule has 0 aromatic heterocycles. The second-order valence-corrected chi connectivity index (χ2v) is 5.94. The normalized spacial score (nSPS) is 10.2. The molecule has 0 radical (unpaired) electrons. The van der Waals surface area contributed by atoms with Gasteiger partial charge in [0, 0.05) is 25.6 Å². The predicted molar refractivity (Wildman–Crippen MR) is 99.2 cm³/mol. The molecule has 0 heterocycles. The number of rotatable bonds is 8. The first-order chi connectivity index (χ1) is 12.5. The summed E-state index contributed by atoms with van der Waals surface area (Å²) < 4.78 is 0. The molecule has 2 aromatic carbocycles. The van der Waals surface area contributed by atoms with E-state index in [1.54, 1.807) is 24.3 Å². The van der Waals surface area contributed by atoms with Crippen LogP contribution in [0, 0.1) is 0 Å². The molecule has 0 saturated heterocycles. The topological polar surface area (TPSA) is 95.5 Å². The van der Waals surface area contributed by atoms with Crippen molar-refractivity contribution >= 4 is 23.5 Å². The molecule has 0 spiro atoms. The number of carbonyl (C=O) groups excluding carboxylic acids is 2. The summed E-state index contributed by atoms with van der Waals surface area (Å²) in [6, 6.07) is 14.2. The molecule has 0 fully saturated rings. The van der Waals surface area contributed by atoms with Gasteiger partial charge >= 0.3 is 5.97 Å². The molecule has 6 heteroatoms. The molecule has 136 valence electrons. The van der Waals surface area contributed by atoms with Gasteiger partial charge in [-0.05, 0) is 42.2 Å². The number of benzene rings is 2. The average Bonchev–Trinajstić information content (AvgIpc) is 2.61. The standard InChI is InChI=1S/C20H22N2O4/c1-14(23)22-17-9-6-15(7-10-17)12-13-21-19(24)11-8-16-4-2-3-5-18(16)20(25)26/h2-7,9-10H,8,11-13H2,1H3,(H,21,24)(H,22,23)(H,25,26). The molecule has 0 bridgehead atoms. The number of aromatic carboxylic acids is 1. The Morgan fingerprint density at radius 2 is 1.65 bits per heavy atom. The van der Waals surface area contributed by atoms with E-state index in [9.17, 15) is 14.4 Å². The van der Waals surface area contributed by atoms with Crippen molar-refractivity contribution in [2.45, 2.75) is 26.2 Å². The smallest absolute Gasteiger partial charge is 0.335 e. The van der Waals surface area contributed by atoms with Gasteiger partial charge in [-0.2, -0.15) is 0 Å². The van der Waals surface area contributed by atoms with E-state index in [4.69, 9.17) is 5.11 Å². The molecule has 6 nitrogen and oxygen atoms in total. The molecule has 2 aromatic rings. The van der Waals surface area contributed by atoms with Gasteiger partial charge in [0.05, 0.1) is 5.56 Å². The van der Waals surface area contributed by atoms with Crippen molar-refractivity contribution in [2.24, 2.45) is 0 Å². The molecule has 0 aliphatic carbocycles. The van der Waals surface area contributed by atoms with E-state index in [0.29, 0.717) is 24.9 Å². The van der Waals surface area contributed by atoms with Crippen LogP contribution >= 0.6 is 0 Å². The Labute approximate surface area is 152 Å². The maximum atomic E-state index is 12.0. The van der Waals surface area contributed by atoms with E-state index in [-0.39, 0.29) is 23.8 Å². The van der Waals surface area contributed by atoms with E-state index >= 15 is 0 Å². The highest BCUT2D eigenvalue weighted by molar-refractivity contribution is 5.89. The van der Waals surface area contributed by atoms with E-state index in [2.05, 4.69) is 10.6 Å². The number of anilines is 1. The van der Waals surface area contributed by atoms with Crippen molar-refractivity contribution in [1.29, 1.82) is 0 Å². The van der Waals surface area contributed by atoms with Gasteiger partial charge in [0.2, 0.25) is 11.8 Å². The van der Waals surface area contributed by atoms with Crippen LogP contribution in [0.1, 0.15) is 34.8 Å². The third kappa shape index (κ3) is 6.05. The molecular weight excluding hydrogens is 332 g/mol. The minimum Gasteiger partial charge on any atom is -0.478 e. The van der Waals surface area contributed by atoms with Crippen LogP contribution in [0.25, 0.3) is 0 Å². The second kappa shape index (κ2) is 9.36. The zero-order chi connectivity index (χ0) is 18.9. The number of hydrogen-bond acceptors (Lipinski definition) is 3. The number of nitrogens with one attached hydrogen (secondary N) is 2. The van der Waals surface area contributed by atoms with Gasteiger partial charge in [-0.3, -0.25) is 9.59 Å². The molecule has 2 rings (SSSR count). The Kier molecular flexibility index (Phi) is 6.91. The molecule has 3 N–H and O–H groups in total. The summed E-state index contributed by atoms with van der Waals surface area (Å²) in [7, 11) is 0. The van der Waals surface area contributed by atoms with Gasteiger partial charge in [0.1, 0.15) is 0 Å². The lowest BCUT2D eigenvalue weighted by Gasteiger charge is -2.08. The Balaban J connectivity index is 1.75. The first kappa shape index (κ1) is 19.2. The van der Waals surface area contributed by atoms with E-state index < -0.39 is 5.97 Å². The Morgan fingerprint density at radius 1 is 0.962 bits per heavy atom. The SMILES string of the molecule is CC(=O)Nc1ccc(CCNC(=O)CCc2ccccc2C(=O)O)cc1. The largest absolute Gasteiger partial charge is 0.478 e. The van der Waals surface area contributed by atoms with Crippen molar-refractivity contribution in [3.63, 3.8) is 0 Å². The highest BCUT2D eigenvalue weighted by Crippen LogP contribution is 2.12. The van der Waals surface area contributed by atoms with Gasteiger partial charge in [0.25, 0.3) is 0 Å². The first-order valence-electron chi connectivity index (χ1n) is 8.40. The number of carboxylic acid groups (broad SMARTS) is 1. The quantitative estimate of drug-likeness (QED) is 0.679. The highest BCUT2D eigenvalue weighted by atomic mass is 16.4. The number of amides is 2. The van der Waals surface area contributed by atoms with Crippen molar-refractivity contribution in [3.05, 3.63) is 65.2 Å². The molecule has 0 aliphatic heterocycles. The fraction of sp³-hybridized carbons (Fsp3) is 0.250.